The average Bonchev–Trinajstić information content (AvgIpc) is 2.36. The van der Waals surface area contributed by atoms with Crippen LogP contribution in [0.25, 0.3) is 0 Å². The number of rotatable bonds is 5. The number of ether oxygens (including phenoxy) is 2. The molecule has 1 aromatic carbocycles. The molecule has 0 saturated heterocycles. The fourth-order valence-corrected chi connectivity index (χ4v) is 1.25. The fraction of sp³-hybridized carbons (Fsp3) is 0.417. The van der Waals surface area contributed by atoms with Crippen molar-refractivity contribution in [3.8, 4) is 5.75 Å². The van der Waals surface area contributed by atoms with Crippen LogP contribution in [-0.4, -0.2) is 45.3 Å². The zero-order valence-electron chi connectivity index (χ0n) is 10.4. The van der Waals surface area contributed by atoms with Gasteiger partial charge in [-0.05, 0) is 12.1 Å². The lowest BCUT2D eigenvalue weighted by Gasteiger charge is -2.17. The quantitative estimate of drug-likeness (QED) is 0.851. The molecular formula is C12H18N2O3. The van der Waals surface area contributed by atoms with Gasteiger partial charge in [-0.15, -0.1) is 0 Å². The minimum Gasteiger partial charge on any atom is -0.497 e. The molecule has 0 unspecified atom stereocenters. The molecule has 1 aromatic rings. The van der Waals surface area contributed by atoms with Gasteiger partial charge < -0.3 is 19.7 Å². The van der Waals surface area contributed by atoms with Crippen LogP contribution >= 0.6 is 0 Å². The minimum atomic E-state index is -0.171. The monoisotopic (exact) mass is 238 g/mol. The van der Waals surface area contributed by atoms with Gasteiger partial charge in [-0.1, -0.05) is 6.07 Å². The van der Waals surface area contributed by atoms with E-state index < -0.39 is 0 Å². The SMILES string of the molecule is COCCN(C)C(=O)Nc1cccc(OC)c1. The largest absolute Gasteiger partial charge is 0.497 e. The Hall–Kier alpha value is -1.75. The molecule has 2 amide bonds. The third kappa shape index (κ3) is 4.32. The number of nitrogens with zero attached hydrogens (tertiary/aromatic N) is 1. The summed E-state index contributed by atoms with van der Waals surface area (Å²) in [7, 11) is 4.91. The van der Waals surface area contributed by atoms with Gasteiger partial charge in [0.1, 0.15) is 5.75 Å². The first-order chi connectivity index (χ1) is 8.17. The molecule has 5 nitrogen and oxygen atoms in total. The van der Waals surface area contributed by atoms with Crippen LogP contribution in [0.5, 0.6) is 5.75 Å². The van der Waals surface area contributed by atoms with Crippen molar-refractivity contribution in [3.05, 3.63) is 24.3 Å². The molecule has 0 atom stereocenters. The smallest absolute Gasteiger partial charge is 0.321 e. The lowest BCUT2D eigenvalue weighted by atomic mass is 10.3. The van der Waals surface area contributed by atoms with Gasteiger partial charge in [0.25, 0.3) is 0 Å². The number of benzene rings is 1. The average molecular weight is 238 g/mol. The van der Waals surface area contributed by atoms with Crippen LogP contribution in [0.3, 0.4) is 0 Å². The van der Waals surface area contributed by atoms with Gasteiger partial charge in [0.05, 0.1) is 13.7 Å². The van der Waals surface area contributed by atoms with E-state index in [1.807, 2.05) is 18.2 Å². The molecule has 17 heavy (non-hydrogen) atoms. The molecule has 5 heteroatoms. The Morgan fingerprint density at radius 3 is 2.82 bits per heavy atom. The van der Waals surface area contributed by atoms with Crippen molar-refractivity contribution in [2.75, 3.05) is 39.7 Å². The van der Waals surface area contributed by atoms with Crippen molar-refractivity contribution in [1.82, 2.24) is 4.90 Å². The van der Waals surface area contributed by atoms with Crippen LogP contribution in [0.2, 0.25) is 0 Å². The van der Waals surface area contributed by atoms with Gasteiger partial charge in [-0.2, -0.15) is 0 Å². The third-order valence-electron chi connectivity index (χ3n) is 2.30. The molecular weight excluding hydrogens is 220 g/mol. The number of urea groups is 1. The van der Waals surface area contributed by atoms with Gasteiger partial charge in [-0.25, -0.2) is 4.79 Å². The van der Waals surface area contributed by atoms with E-state index in [1.54, 1.807) is 32.2 Å². The lowest BCUT2D eigenvalue weighted by molar-refractivity contribution is 0.165. The summed E-state index contributed by atoms with van der Waals surface area (Å²) in [6.07, 6.45) is 0. The Bertz CT molecular complexity index is 369. The molecule has 0 radical (unpaired) electrons. The standard InChI is InChI=1S/C12H18N2O3/c1-14(7-8-16-2)12(15)13-10-5-4-6-11(9-10)17-3/h4-6,9H,7-8H2,1-3H3,(H,13,15). The number of nitrogens with one attached hydrogen (secondary N) is 1. The molecule has 0 spiro atoms. The second-order valence-electron chi connectivity index (χ2n) is 3.58. The van der Waals surface area contributed by atoms with E-state index in [2.05, 4.69) is 5.32 Å². The molecule has 0 aromatic heterocycles. The number of likely N-dealkylation sites (N-methyl/N-ethyl adjacent to an activating group) is 1. The number of anilines is 1. The molecule has 0 saturated carbocycles. The van der Waals surface area contributed by atoms with Crippen molar-refractivity contribution in [2.45, 2.75) is 0 Å². The molecule has 0 aliphatic rings. The summed E-state index contributed by atoms with van der Waals surface area (Å²) in [5.41, 5.74) is 0.707. The van der Waals surface area contributed by atoms with Crippen LogP contribution in [0.1, 0.15) is 0 Å². The summed E-state index contributed by atoms with van der Waals surface area (Å²) >= 11 is 0. The second-order valence-corrected chi connectivity index (χ2v) is 3.58. The molecule has 1 N–H and O–H groups in total. The Morgan fingerprint density at radius 1 is 1.41 bits per heavy atom. The maximum atomic E-state index is 11.7. The summed E-state index contributed by atoms with van der Waals surface area (Å²) in [5.74, 6) is 0.711. The van der Waals surface area contributed by atoms with E-state index in [0.717, 1.165) is 0 Å². The summed E-state index contributed by atoms with van der Waals surface area (Å²) in [5, 5.41) is 2.78. The number of hydrogen-bond donors (Lipinski definition) is 1. The van der Waals surface area contributed by atoms with Crippen LogP contribution < -0.4 is 10.1 Å². The highest BCUT2D eigenvalue weighted by molar-refractivity contribution is 5.89. The maximum Gasteiger partial charge on any atom is 0.321 e. The van der Waals surface area contributed by atoms with Gasteiger partial charge >= 0.3 is 6.03 Å². The normalized spacial score (nSPS) is 9.82. The number of carbonyl (C=O) groups excluding carboxylic acids is 1. The predicted molar refractivity (Wildman–Crippen MR) is 66.5 cm³/mol. The molecule has 0 fully saturated rings. The molecule has 0 aliphatic heterocycles. The van der Waals surface area contributed by atoms with E-state index in [-0.39, 0.29) is 6.03 Å². The van der Waals surface area contributed by atoms with Crippen LogP contribution in [0, 0.1) is 0 Å². The first kappa shape index (κ1) is 13.3. The Balaban J connectivity index is 2.54. The molecule has 0 heterocycles. The van der Waals surface area contributed by atoms with Gasteiger partial charge in [0, 0.05) is 32.5 Å². The van der Waals surface area contributed by atoms with E-state index in [1.165, 1.54) is 0 Å². The first-order valence-corrected chi connectivity index (χ1v) is 5.32. The zero-order valence-corrected chi connectivity index (χ0v) is 10.4. The van der Waals surface area contributed by atoms with Crippen molar-refractivity contribution in [2.24, 2.45) is 0 Å². The van der Waals surface area contributed by atoms with Crippen molar-refractivity contribution in [1.29, 1.82) is 0 Å². The lowest BCUT2D eigenvalue weighted by Crippen LogP contribution is -2.33. The Labute approximate surface area is 101 Å². The Morgan fingerprint density at radius 2 is 2.18 bits per heavy atom. The highest BCUT2D eigenvalue weighted by atomic mass is 16.5. The summed E-state index contributed by atoms with van der Waals surface area (Å²) in [6.45, 7) is 1.06. The minimum absolute atomic E-state index is 0.171. The van der Waals surface area contributed by atoms with Gasteiger partial charge in [0.2, 0.25) is 0 Å². The fourth-order valence-electron chi connectivity index (χ4n) is 1.25. The maximum absolute atomic E-state index is 11.7. The summed E-state index contributed by atoms with van der Waals surface area (Å²) in [6, 6.07) is 7.05. The topological polar surface area (TPSA) is 50.8 Å². The predicted octanol–water partition coefficient (Wildman–Crippen LogP) is 1.81. The third-order valence-corrected chi connectivity index (χ3v) is 2.30. The number of carbonyl (C=O) groups is 1. The molecule has 94 valence electrons. The number of amides is 2. The summed E-state index contributed by atoms with van der Waals surface area (Å²) in [4.78, 5) is 13.3. The van der Waals surface area contributed by atoms with Crippen molar-refractivity contribution >= 4 is 11.7 Å². The number of hydrogen-bond acceptors (Lipinski definition) is 3. The molecule has 1 rings (SSSR count). The van der Waals surface area contributed by atoms with Crippen LogP contribution in [0.15, 0.2) is 24.3 Å². The number of methoxy groups -OCH3 is 2. The van der Waals surface area contributed by atoms with E-state index >= 15 is 0 Å². The van der Waals surface area contributed by atoms with E-state index in [4.69, 9.17) is 9.47 Å². The van der Waals surface area contributed by atoms with Gasteiger partial charge in [0.15, 0.2) is 0 Å². The summed E-state index contributed by atoms with van der Waals surface area (Å²) < 4.78 is 9.98. The van der Waals surface area contributed by atoms with Gasteiger partial charge in [-0.3, -0.25) is 0 Å². The van der Waals surface area contributed by atoms with Crippen molar-refractivity contribution in [3.63, 3.8) is 0 Å². The van der Waals surface area contributed by atoms with Crippen LogP contribution in [0.4, 0.5) is 10.5 Å². The highest BCUT2D eigenvalue weighted by Gasteiger charge is 2.08. The highest BCUT2D eigenvalue weighted by Crippen LogP contribution is 2.16. The van der Waals surface area contributed by atoms with Crippen molar-refractivity contribution < 1.29 is 14.3 Å². The molecule has 0 bridgehead atoms. The zero-order chi connectivity index (χ0) is 12.7. The first-order valence-electron chi connectivity index (χ1n) is 5.32. The molecule has 0 aliphatic carbocycles. The van der Waals surface area contributed by atoms with Crippen LogP contribution in [-0.2, 0) is 4.74 Å². The Kier molecular flexibility index (Phi) is 5.29. The van der Waals surface area contributed by atoms with E-state index in [9.17, 15) is 4.79 Å². The van der Waals surface area contributed by atoms with E-state index in [0.29, 0.717) is 24.6 Å². The second kappa shape index (κ2) is 6.75.